The molecule has 9 aromatic rings. The molecule has 3 aromatic heterocycles. The van der Waals surface area contributed by atoms with Crippen molar-refractivity contribution in [3.8, 4) is 51.5 Å². The van der Waals surface area contributed by atoms with Crippen LogP contribution in [0.25, 0.3) is 77.0 Å². The number of rotatable bonds is 61. The molecule has 27 heteroatoms. The molecule has 0 aliphatic carbocycles. The van der Waals surface area contributed by atoms with Crippen LogP contribution < -0.4 is 4.74 Å². The molecular weight excluding hydrogens is 1530 g/mol. The average molecular weight is 1640 g/mol. The van der Waals surface area contributed by atoms with Crippen molar-refractivity contribution in [1.29, 1.82) is 0 Å². The predicted molar refractivity (Wildman–Crippen MR) is 450 cm³/mol. The van der Waals surface area contributed by atoms with E-state index in [9.17, 15) is 9.59 Å². The lowest BCUT2D eigenvalue weighted by molar-refractivity contribution is -0.0306. The van der Waals surface area contributed by atoms with Gasteiger partial charge < -0.3 is 85.3 Å². The molecule has 0 radical (unpaired) electrons. The number of hydrogen-bond acceptors (Lipinski definition) is 25. The highest BCUT2D eigenvalue weighted by Crippen LogP contribution is 2.51. The number of methoxy groups -OCH3 is 1. The van der Waals surface area contributed by atoms with Gasteiger partial charge in [-0.15, -0.1) is 0 Å². The molecule has 11 rings (SSSR count). The van der Waals surface area contributed by atoms with Crippen LogP contribution in [0.3, 0.4) is 0 Å². The Kier molecular flexibility index (Phi) is 38.4. The zero-order chi connectivity index (χ0) is 83.0. The molecule has 27 nitrogen and oxygen atoms in total. The Hall–Kier alpha value is -8.97. The van der Waals surface area contributed by atoms with Crippen molar-refractivity contribution in [3.05, 3.63) is 155 Å². The Morgan fingerprint density at radius 3 is 0.975 bits per heavy atom. The van der Waals surface area contributed by atoms with E-state index in [-0.39, 0.29) is 43.7 Å². The van der Waals surface area contributed by atoms with E-state index in [4.69, 9.17) is 90.2 Å². The lowest BCUT2D eigenvalue weighted by Gasteiger charge is -2.35. The quantitative estimate of drug-likeness (QED) is 0.0113. The van der Waals surface area contributed by atoms with Gasteiger partial charge in [0.15, 0.2) is 0 Å². The predicted octanol–water partition coefficient (Wildman–Crippen LogP) is 12.2. The van der Waals surface area contributed by atoms with Crippen LogP contribution in [0.1, 0.15) is 106 Å². The summed E-state index contributed by atoms with van der Waals surface area (Å²) >= 11 is 0. The third kappa shape index (κ3) is 25.6. The van der Waals surface area contributed by atoms with Crippen LogP contribution in [0.4, 0.5) is 0 Å². The van der Waals surface area contributed by atoms with Gasteiger partial charge >= 0.3 is 0 Å². The number of nitrogens with zero attached hydrogens (tertiary/aromatic N) is 5. The highest BCUT2D eigenvalue weighted by molar-refractivity contribution is 6.43. The van der Waals surface area contributed by atoms with Crippen molar-refractivity contribution in [2.24, 2.45) is 0 Å². The summed E-state index contributed by atoms with van der Waals surface area (Å²) < 4.78 is 101. The summed E-state index contributed by atoms with van der Waals surface area (Å²) in [5, 5.41) is 4.97. The van der Waals surface area contributed by atoms with Gasteiger partial charge in [-0.1, -0.05) is 75.9 Å². The Morgan fingerprint density at radius 2 is 0.630 bits per heavy atom. The highest BCUT2D eigenvalue weighted by Gasteiger charge is 2.41. The number of benzene rings is 6. The van der Waals surface area contributed by atoms with Gasteiger partial charge in [0, 0.05) is 91.7 Å². The maximum atomic E-state index is 15.2. The molecular formula is C92H113N5O22. The normalized spacial score (nSPS) is 12.9. The smallest absolute Gasteiger partial charge is 0.261 e. The number of imide groups is 2. The van der Waals surface area contributed by atoms with E-state index in [1.165, 1.54) is 9.80 Å². The molecule has 0 saturated heterocycles. The van der Waals surface area contributed by atoms with E-state index in [1.54, 1.807) is 37.7 Å². The zero-order valence-corrected chi connectivity index (χ0v) is 69.3. The van der Waals surface area contributed by atoms with Crippen LogP contribution in [-0.4, -0.2) is 292 Å². The van der Waals surface area contributed by atoms with Crippen molar-refractivity contribution in [1.82, 2.24) is 24.8 Å². The number of pyridine rings is 3. The highest BCUT2D eigenvalue weighted by atomic mass is 16.6. The van der Waals surface area contributed by atoms with E-state index in [1.807, 2.05) is 119 Å². The van der Waals surface area contributed by atoms with Gasteiger partial charge in [0.05, 0.1) is 246 Å². The first-order valence-electron chi connectivity index (χ1n) is 41.6. The number of hydrogen-bond donors (Lipinski definition) is 0. The van der Waals surface area contributed by atoms with Crippen LogP contribution in [0, 0.1) is 11.8 Å². The Morgan fingerprint density at radius 1 is 0.303 bits per heavy atom. The first-order chi connectivity index (χ1) is 58.7. The molecule has 0 atom stereocenters. The van der Waals surface area contributed by atoms with E-state index >= 15 is 9.59 Å². The summed E-state index contributed by atoms with van der Waals surface area (Å²) in [4.78, 5) is 76.9. The van der Waals surface area contributed by atoms with Gasteiger partial charge in [0.1, 0.15) is 12.4 Å². The van der Waals surface area contributed by atoms with Crippen LogP contribution in [0.15, 0.2) is 122 Å². The molecule has 0 N–H and O–H groups in total. The van der Waals surface area contributed by atoms with Crippen molar-refractivity contribution in [3.63, 3.8) is 0 Å². The molecule has 119 heavy (non-hydrogen) atoms. The molecule has 0 spiro atoms. The Balaban J connectivity index is 0.583. The van der Waals surface area contributed by atoms with Crippen molar-refractivity contribution in [2.75, 3.05) is 232 Å². The van der Waals surface area contributed by atoms with Crippen LogP contribution in [-0.2, 0) is 80.5 Å². The summed E-state index contributed by atoms with van der Waals surface area (Å²) in [6, 6.07) is 33.8. The second-order valence-corrected chi connectivity index (χ2v) is 27.9. The summed E-state index contributed by atoms with van der Waals surface area (Å²) in [6.45, 7) is 22.8. The average Bonchev–Trinajstić information content (AvgIpc) is 0.679. The fraction of sp³-hybridized carbons (Fsp3) is 0.489. The fourth-order valence-electron chi connectivity index (χ4n) is 14.3. The monoisotopic (exact) mass is 1640 g/mol. The first-order valence-corrected chi connectivity index (χ1v) is 41.6. The van der Waals surface area contributed by atoms with Gasteiger partial charge in [-0.05, 0) is 120 Å². The standard InChI is InChI=1S/C92H113N5O22/c1-6-70(7-2)96-89(98)74-25-23-73-86-82(119-61-60-118-59-58-117-57-56-116-55-54-115-53-52-114-51-50-113-49-48-112-47-46-111-45-44-110-43-42-109-41-40-108-39-38-107-37-36-106-35-34-105-33-32-104-31-30-103-29-28-102-5)65-77-85-75(90(99)97(92(77)101)71(8-3)9-4)24-22-72(88(85)86)83-68(62-76(91(96)100)84(74)87(73)83)21-18-66-16-19-67(20-17-66)69-63-80(78-14-10-12-26-93-78)95-81(64-69)79-15-11-13-27-94-79/h10-17,19-20,22-27,62-65,70-71H,6-9,28-61H2,1-5H3. The van der Waals surface area contributed by atoms with Crippen LogP contribution >= 0.6 is 0 Å². The third-order valence-corrected chi connectivity index (χ3v) is 20.2. The minimum atomic E-state index is -0.411. The SMILES string of the molecule is CCC(CC)N1C(=O)c2ccc3c4c(OCCOCCOCCOCCOCCOCCOCCOCCOCCOCCOCCOCCOCCOCCOCCOCCOCCOC)cc5c6c(ccc(c7c(C#Cc8ccc(-c9cc(-c%10ccccn%10)nc(-c%10ccccn%10)c9)cc8)cc(c2c37)C1=O)c64)C(=O)N(C(CC)CC)C5=O. The Bertz CT molecular complexity index is 4620. The molecule has 4 amide bonds. The first kappa shape index (κ1) is 90.8. The summed E-state index contributed by atoms with van der Waals surface area (Å²) in [7, 11) is 1.64. The topological polar surface area (TPSA) is 280 Å². The number of ether oxygens (including phenoxy) is 18. The maximum Gasteiger partial charge on any atom is 0.261 e. The summed E-state index contributed by atoms with van der Waals surface area (Å²) in [6.07, 6.45) is 5.79. The second-order valence-electron chi connectivity index (χ2n) is 27.9. The number of carbonyl (C=O) groups excluding carboxylic acids is 4. The minimum Gasteiger partial charge on any atom is -0.490 e. The van der Waals surface area contributed by atoms with E-state index in [0.29, 0.717) is 324 Å². The molecule has 0 saturated carbocycles. The lowest BCUT2D eigenvalue weighted by atomic mass is 9.80. The van der Waals surface area contributed by atoms with E-state index < -0.39 is 11.8 Å². The molecule has 638 valence electrons. The molecule has 2 aliphatic heterocycles. The van der Waals surface area contributed by atoms with Gasteiger partial charge in [-0.3, -0.25) is 38.9 Å². The summed E-state index contributed by atoms with van der Waals surface area (Å²) in [5.41, 5.74) is 7.42. The maximum absolute atomic E-state index is 15.2. The fourth-order valence-corrected chi connectivity index (χ4v) is 14.3. The molecule has 0 fully saturated rings. The van der Waals surface area contributed by atoms with Crippen molar-refractivity contribution < 1.29 is 104 Å². The van der Waals surface area contributed by atoms with Gasteiger partial charge in [-0.25, -0.2) is 4.98 Å². The zero-order valence-electron chi connectivity index (χ0n) is 69.3. The number of fused-ring (bicyclic) bond motifs is 2. The van der Waals surface area contributed by atoms with E-state index in [2.05, 4.69) is 21.8 Å². The Labute approximate surface area is 696 Å². The third-order valence-electron chi connectivity index (χ3n) is 20.2. The van der Waals surface area contributed by atoms with Crippen molar-refractivity contribution in [2.45, 2.75) is 65.5 Å². The van der Waals surface area contributed by atoms with Gasteiger partial charge in [0.2, 0.25) is 0 Å². The lowest BCUT2D eigenvalue weighted by Crippen LogP contribution is -2.46. The number of aromatic nitrogens is 3. The van der Waals surface area contributed by atoms with Gasteiger partial charge in [0.25, 0.3) is 23.6 Å². The molecule has 0 unspecified atom stereocenters. The van der Waals surface area contributed by atoms with E-state index in [0.717, 1.165) is 22.5 Å². The second kappa shape index (κ2) is 50.3. The molecule has 6 aromatic carbocycles. The molecule has 0 bridgehead atoms. The summed E-state index contributed by atoms with van der Waals surface area (Å²) in [5.74, 6) is 5.81. The largest absolute Gasteiger partial charge is 0.490 e. The van der Waals surface area contributed by atoms with Gasteiger partial charge in [-0.2, -0.15) is 0 Å². The van der Waals surface area contributed by atoms with Crippen LogP contribution in [0.2, 0.25) is 0 Å². The number of carbonyl (C=O) groups is 4. The molecule has 5 heterocycles. The molecule has 2 aliphatic rings. The van der Waals surface area contributed by atoms with Crippen molar-refractivity contribution >= 4 is 66.7 Å². The minimum absolute atomic E-state index is 0.0907. The number of amides is 4. The van der Waals surface area contributed by atoms with Crippen LogP contribution in [0.5, 0.6) is 5.75 Å².